The van der Waals surface area contributed by atoms with E-state index in [1.807, 2.05) is 0 Å². The molecule has 7 atom stereocenters. The Morgan fingerprint density at radius 3 is 2.61 bits per heavy atom. The molecule has 4 saturated carbocycles. The zero-order chi connectivity index (χ0) is 21.6. The van der Waals surface area contributed by atoms with Gasteiger partial charge in [-0.25, -0.2) is 0 Å². The van der Waals surface area contributed by atoms with Crippen molar-refractivity contribution in [3.63, 3.8) is 0 Å². The van der Waals surface area contributed by atoms with Crippen LogP contribution in [0.5, 0.6) is 0 Å². The molecule has 0 amide bonds. The fourth-order valence-corrected chi connectivity index (χ4v) is 8.48. The zero-order valence-corrected chi connectivity index (χ0v) is 19.6. The normalized spacial score (nSPS) is 45.5. The molecule has 1 saturated heterocycles. The van der Waals surface area contributed by atoms with Gasteiger partial charge in [-0.15, -0.1) is 0 Å². The average Bonchev–Trinajstić information content (AvgIpc) is 3.10. The van der Waals surface area contributed by atoms with Crippen molar-refractivity contribution in [3.8, 4) is 0 Å². The Balaban J connectivity index is 1.22. The molecule has 1 heterocycles. The van der Waals surface area contributed by atoms with Gasteiger partial charge in [0.2, 0.25) is 0 Å². The van der Waals surface area contributed by atoms with E-state index in [-0.39, 0.29) is 17.5 Å². The Labute approximate surface area is 187 Å². The van der Waals surface area contributed by atoms with Crippen molar-refractivity contribution in [1.82, 2.24) is 4.90 Å². The summed E-state index contributed by atoms with van der Waals surface area (Å²) < 4.78 is 11.6. The van der Waals surface area contributed by atoms with Crippen LogP contribution in [-0.2, 0) is 19.1 Å². The molecule has 0 spiro atoms. The number of fused-ring (bicyclic) bond motifs is 5. The van der Waals surface area contributed by atoms with Crippen LogP contribution < -0.4 is 0 Å². The number of esters is 1. The Kier molecular flexibility index (Phi) is 5.96. The first-order chi connectivity index (χ1) is 14.9. The van der Waals surface area contributed by atoms with Gasteiger partial charge >= 0.3 is 5.97 Å². The molecule has 0 aromatic carbocycles. The molecule has 0 N–H and O–H groups in total. The maximum atomic E-state index is 12.7. The molecule has 5 nitrogen and oxygen atoms in total. The number of nitrogens with zero attached hydrogens (tertiary/aromatic N) is 1. The lowest BCUT2D eigenvalue weighted by atomic mass is 9.45. The van der Waals surface area contributed by atoms with Crippen LogP contribution in [0, 0.1) is 34.5 Å². The number of hydrogen-bond acceptors (Lipinski definition) is 5. The summed E-state index contributed by atoms with van der Waals surface area (Å²) >= 11 is 0. The fraction of sp³-hybridized carbons (Fsp3) is 0.923. The highest BCUT2D eigenvalue weighted by atomic mass is 16.5. The number of carbonyl (C=O) groups excluding carboxylic acids is 2. The Hall–Kier alpha value is -0.940. The smallest absolute Gasteiger partial charge is 0.307 e. The first kappa shape index (κ1) is 21.9. The van der Waals surface area contributed by atoms with Gasteiger partial charge in [0.05, 0.1) is 19.6 Å². The first-order valence-electron chi connectivity index (χ1n) is 12.9. The topological polar surface area (TPSA) is 55.8 Å². The summed E-state index contributed by atoms with van der Waals surface area (Å²) in [6.07, 6.45) is 10.5. The lowest BCUT2D eigenvalue weighted by Gasteiger charge is -2.60. The minimum atomic E-state index is -0.0121. The summed E-state index contributed by atoms with van der Waals surface area (Å²) in [7, 11) is 0. The van der Waals surface area contributed by atoms with Crippen LogP contribution in [0.4, 0.5) is 0 Å². The van der Waals surface area contributed by atoms with Crippen molar-refractivity contribution in [1.29, 1.82) is 0 Å². The third-order valence-corrected chi connectivity index (χ3v) is 10.4. The van der Waals surface area contributed by atoms with Crippen molar-refractivity contribution < 1.29 is 19.1 Å². The minimum absolute atomic E-state index is 0.0121. The van der Waals surface area contributed by atoms with Gasteiger partial charge in [-0.3, -0.25) is 14.5 Å². The number of rotatable bonds is 4. The van der Waals surface area contributed by atoms with Gasteiger partial charge in [0, 0.05) is 37.9 Å². The van der Waals surface area contributed by atoms with Crippen LogP contribution in [0.1, 0.15) is 78.1 Å². The third-order valence-electron chi connectivity index (χ3n) is 10.4. The molecule has 1 aliphatic heterocycles. The SMILES string of the molecule is C[C@]12CCC(=O)C[C@@H]1CC[C@@H]1[C@H]3CC[C@H](OC(=O)CCN4CCOCC4)[C@@]3(C)CC[C@@H]12. The van der Waals surface area contributed by atoms with E-state index in [0.29, 0.717) is 29.5 Å². The van der Waals surface area contributed by atoms with Crippen LogP contribution in [-0.4, -0.2) is 55.6 Å². The second-order valence-electron chi connectivity index (χ2n) is 11.7. The molecular formula is C26H41NO4. The van der Waals surface area contributed by atoms with E-state index < -0.39 is 0 Å². The highest BCUT2D eigenvalue weighted by Gasteiger charge is 2.61. The molecule has 4 aliphatic carbocycles. The van der Waals surface area contributed by atoms with Crippen molar-refractivity contribution in [3.05, 3.63) is 0 Å². The average molecular weight is 432 g/mol. The number of Topliss-reactive ketones (excluding diaryl/α,β-unsaturated/α-hetero) is 1. The standard InChI is InChI=1S/C26H41NO4/c1-25-10-7-19(28)17-18(25)3-4-20-21-5-6-23(26(21,2)11-8-22(20)25)31-24(29)9-12-27-13-15-30-16-14-27/h18,20-23H,3-17H2,1-2H3/t18-,20+,21+,22-,23-,25-,26-/m0/s1. The van der Waals surface area contributed by atoms with Gasteiger partial charge in [0.1, 0.15) is 11.9 Å². The van der Waals surface area contributed by atoms with Crippen molar-refractivity contribution in [2.24, 2.45) is 34.5 Å². The van der Waals surface area contributed by atoms with Crippen LogP contribution in [0.3, 0.4) is 0 Å². The van der Waals surface area contributed by atoms with E-state index in [1.165, 1.54) is 32.1 Å². The molecule has 0 unspecified atom stereocenters. The van der Waals surface area contributed by atoms with Crippen LogP contribution in [0.25, 0.3) is 0 Å². The number of morpholine rings is 1. The summed E-state index contributed by atoms with van der Waals surface area (Å²) in [5.41, 5.74) is 0.495. The Morgan fingerprint density at radius 2 is 1.81 bits per heavy atom. The lowest BCUT2D eigenvalue weighted by molar-refractivity contribution is -0.164. The quantitative estimate of drug-likeness (QED) is 0.624. The summed E-state index contributed by atoms with van der Waals surface area (Å²) in [5, 5.41) is 0. The molecule has 5 heteroatoms. The fourth-order valence-electron chi connectivity index (χ4n) is 8.48. The van der Waals surface area contributed by atoms with Gasteiger partial charge in [-0.2, -0.15) is 0 Å². The van der Waals surface area contributed by atoms with E-state index in [1.54, 1.807) is 0 Å². The molecule has 0 aromatic rings. The van der Waals surface area contributed by atoms with Crippen molar-refractivity contribution in [2.75, 3.05) is 32.8 Å². The second kappa shape index (κ2) is 8.44. The Morgan fingerprint density at radius 1 is 1.03 bits per heavy atom. The molecule has 0 aromatic heterocycles. The molecule has 5 aliphatic rings. The second-order valence-corrected chi connectivity index (χ2v) is 11.7. The summed E-state index contributed by atoms with van der Waals surface area (Å²) in [4.78, 5) is 27.1. The molecule has 5 fully saturated rings. The highest BCUT2D eigenvalue weighted by molar-refractivity contribution is 5.79. The van der Waals surface area contributed by atoms with E-state index in [2.05, 4.69) is 18.7 Å². The van der Waals surface area contributed by atoms with Gasteiger partial charge in [0.15, 0.2) is 0 Å². The summed E-state index contributed by atoms with van der Waals surface area (Å²) in [6.45, 7) is 9.09. The molecular weight excluding hydrogens is 390 g/mol. The monoisotopic (exact) mass is 431 g/mol. The summed E-state index contributed by atoms with van der Waals surface area (Å²) in [5.74, 6) is 3.28. The number of ether oxygens (including phenoxy) is 2. The van der Waals surface area contributed by atoms with E-state index in [0.717, 1.165) is 70.4 Å². The van der Waals surface area contributed by atoms with Crippen LogP contribution >= 0.6 is 0 Å². The molecule has 174 valence electrons. The highest BCUT2D eigenvalue weighted by Crippen LogP contribution is 2.66. The van der Waals surface area contributed by atoms with Crippen molar-refractivity contribution >= 4 is 11.8 Å². The van der Waals surface area contributed by atoms with Gasteiger partial charge in [-0.1, -0.05) is 13.8 Å². The molecule has 0 bridgehead atoms. The number of ketones is 1. The maximum Gasteiger partial charge on any atom is 0.307 e. The maximum absolute atomic E-state index is 12.7. The van der Waals surface area contributed by atoms with E-state index >= 15 is 0 Å². The van der Waals surface area contributed by atoms with E-state index in [9.17, 15) is 9.59 Å². The molecule has 0 radical (unpaired) electrons. The number of carbonyl (C=O) groups is 2. The largest absolute Gasteiger partial charge is 0.462 e. The van der Waals surface area contributed by atoms with Gasteiger partial charge < -0.3 is 9.47 Å². The molecule has 31 heavy (non-hydrogen) atoms. The lowest BCUT2D eigenvalue weighted by Crippen LogP contribution is -2.54. The van der Waals surface area contributed by atoms with Crippen molar-refractivity contribution in [2.45, 2.75) is 84.2 Å². The van der Waals surface area contributed by atoms with Gasteiger partial charge in [0.25, 0.3) is 0 Å². The van der Waals surface area contributed by atoms with Crippen LogP contribution in [0.15, 0.2) is 0 Å². The molecule has 5 rings (SSSR count). The predicted octanol–water partition coefficient (Wildman–Crippen LogP) is 4.23. The van der Waals surface area contributed by atoms with Crippen LogP contribution in [0.2, 0.25) is 0 Å². The van der Waals surface area contributed by atoms with Gasteiger partial charge in [-0.05, 0) is 74.0 Å². The summed E-state index contributed by atoms with van der Waals surface area (Å²) in [6, 6.07) is 0. The third kappa shape index (κ3) is 3.88. The number of hydrogen-bond donors (Lipinski definition) is 0. The van der Waals surface area contributed by atoms with E-state index in [4.69, 9.17) is 9.47 Å². The zero-order valence-electron chi connectivity index (χ0n) is 19.6. The Bertz CT molecular complexity index is 704. The first-order valence-corrected chi connectivity index (χ1v) is 12.9. The minimum Gasteiger partial charge on any atom is -0.462 e. The predicted molar refractivity (Wildman–Crippen MR) is 118 cm³/mol.